The minimum atomic E-state index is -0.0949. The standard InChI is InChI=1S/C13H23NO3/c1-3-5-6-10-9-11(14-16)7-8-12(10)13(15)17-4-2/h10-12H,3-9H2,1-2H3/t10-,11?,12+/m0/s1. The van der Waals surface area contributed by atoms with E-state index in [4.69, 9.17) is 4.74 Å². The van der Waals surface area contributed by atoms with Crippen LogP contribution in [0.25, 0.3) is 0 Å². The Morgan fingerprint density at radius 1 is 1.35 bits per heavy atom. The van der Waals surface area contributed by atoms with Crippen LogP contribution in [0.5, 0.6) is 0 Å². The summed E-state index contributed by atoms with van der Waals surface area (Å²) < 4.78 is 5.11. The van der Waals surface area contributed by atoms with Crippen LogP contribution in [-0.4, -0.2) is 18.6 Å². The quantitative estimate of drug-likeness (QED) is 0.529. The SMILES string of the molecule is CCCC[C@H]1CC(N=O)CC[C@H]1C(=O)OCC. The number of hydrogen-bond acceptors (Lipinski definition) is 4. The Labute approximate surface area is 103 Å². The summed E-state index contributed by atoms with van der Waals surface area (Å²) in [5, 5.41) is 3.14. The highest BCUT2D eigenvalue weighted by Crippen LogP contribution is 2.35. The lowest BCUT2D eigenvalue weighted by Gasteiger charge is -2.32. The molecule has 1 unspecified atom stereocenters. The van der Waals surface area contributed by atoms with E-state index >= 15 is 0 Å². The average molecular weight is 241 g/mol. The Balaban J connectivity index is 2.59. The van der Waals surface area contributed by atoms with Crippen molar-refractivity contribution in [3.8, 4) is 0 Å². The molecular formula is C13H23NO3. The van der Waals surface area contributed by atoms with Gasteiger partial charge in [0.25, 0.3) is 0 Å². The highest BCUT2D eigenvalue weighted by atomic mass is 16.5. The molecule has 0 heterocycles. The summed E-state index contributed by atoms with van der Waals surface area (Å²) in [7, 11) is 0. The first-order valence-corrected chi connectivity index (χ1v) is 6.72. The topological polar surface area (TPSA) is 55.7 Å². The summed E-state index contributed by atoms with van der Waals surface area (Å²) >= 11 is 0. The van der Waals surface area contributed by atoms with Gasteiger partial charge < -0.3 is 4.74 Å². The Morgan fingerprint density at radius 2 is 2.12 bits per heavy atom. The number of esters is 1. The van der Waals surface area contributed by atoms with Gasteiger partial charge in [-0.1, -0.05) is 24.9 Å². The molecule has 4 nitrogen and oxygen atoms in total. The first-order chi connectivity index (χ1) is 8.22. The molecule has 3 atom stereocenters. The number of nitroso groups, excluding NO2 is 1. The molecule has 0 saturated heterocycles. The molecule has 1 rings (SSSR count). The van der Waals surface area contributed by atoms with Crippen LogP contribution in [0.4, 0.5) is 0 Å². The zero-order valence-corrected chi connectivity index (χ0v) is 10.9. The predicted octanol–water partition coefficient (Wildman–Crippen LogP) is 3.29. The third-order valence-corrected chi connectivity index (χ3v) is 3.62. The van der Waals surface area contributed by atoms with Gasteiger partial charge in [-0.25, -0.2) is 0 Å². The van der Waals surface area contributed by atoms with Crippen molar-refractivity contribution in [2.24, 2.45) is 17.0 Å². The van der Waals surface area contributed by atoms with Crippen LogP contribution in [-0.2, 0) is 9.53 Å². The maximum absolute atomic E-state index is 11.8. The maximum Gasteiger partial charge on any atom is 0.309 e. The molecular weight excluding hydrogens is 218 g/mol. The molecule has 0 N–H and O–H groups in total. The number of carbonyl (C=O) groups excluding carboxylic acids is 1. The van der Waals surface area contributed by atoms with E-state index in [2.05, 4.69) is 12.1 Å². The third kappa shape index (κ3) is 4.10. The monoisotopic (exact) mass is 241 g/mol. The van der Waals surface area contributed by atoms with E-state index in [1.165, 1.54) is 0 Å². The van der Waals surface area contributed by atoms with Crippen molar-refractivity contribution >= 4 is 5.97 Å². The number of hydrogen-bond donors (Lipinski definition) is 0. The van der Waals surface area contributed by atoms with Crippen LogP contribution in [0.1, 0.15) is 52.4 Å². The molecule has 0 aromatic carbocycles. The zero-order chi connectivity index (χ0) is 12.7. The van der Waals surface area contributed by atoms with Gasteiger partial charge in [0.05, 0.1) is 18.6 Å². The normalized spacial score (nSPS) is 28.7. The number of ether oxygens (including phenoxy) is 1. The van der Waals surface area contributed by atoms with Crippen molar-refractivity contribution in [1.29, 1.82) is 0 Å². The van der Waals surface area contributed by atoms with Crippen molar-refractivity contribution in [3.05, 3.63) is 4.91 Å². The Bertz CT molecular complexity index is 255. The van der Waals surface area contributed by atoms with E-state index in [0.717, 1.165) is 38.5 Å². The van der Waals surface area contributed by atoms with Crippen LogP contribution < -0.4 is 0 Å². The van der Waals surface area contributed by atoms with Gasteiger partial charge in [0.2, 0.25) is 0 Å². The van der Waals surface area contributed by atoms with Crippen LogP contribution in [0, 0.1) is 16.7 Å². The van der Waals surface area contributed by atoms with Crippen molar-refractivity contribution in [2.75, 3.05) is 6.61 Å². The fourth-order valence-corrected chi connectivity index (χ4v) is 2.68. The fourth-order valence-electron chi connectivity index (χ4n) is 2.68. The molecule has 0 aromatic heterocycles. The van der Waals surface area contributed by atoms with E-state index in [1.54, 1.807) is 0 Å². The first kappa shape index (κ1) is 14.1. The lowest BCUT2D eigenvalue weighted by Crippen LogP contribution is -2.33. The van der Waals surface area contributed by atoms with Crippen LogP contribution >= 0.6 is 0 Å². The van der Waals surface area contributed by atoms with E-state index < -0.39 is 0 Å². The summed E-state index contributed by atoms with van der Waals surface area (Å²) in [5.41, 5.74) is 0. The van der Waals surface area contributed by atoms with Crippen molar-refractivity contribution in [2.45, 2.75) is 58.4 Å². The van der Waals surface area contributed by atoms with Crippen LogP contribution in [0.2, 0.25) is 0 Å². The van der Waals surface area contributed by atoms with Crippen molar-refractivity contribution in [3.63, 3.8) is 0 Å². The van der Waals surface area contributed by atoms with Gasteiger partial charge in [-0.2, -0.15) is 4.91 Å². The minimum Gasteiger partial charge on any atom is -0.466 e. The van der Waals surface area contributed by atoms with E-state index in [1.807, 2.05) is 6.92 Å². The maximum atomic E-state index is 11.8. The molecule has 4 heteroatoms. The Morgan fingerprint density at radius 3 is 2.71 bits per heavy atom. The largest absolute Gasteiger partial charge is 0.466 e. The zero-order valence-electron chi connectivity index (χ0n) is 10.9. The second-order valence-corrected chi connectivity index (χ2v) is 4.83. The molecule has 0 amide bonds. The van der Waals surface area contributed by atoms with Gasteiger partial charge in [0.15, 0.2) is 0 Å². The van der Waals surface area contributed by atoms with Gasteiger partial charge in [0, 0.05) is 0 Å². The van der Waals surface area contributed by atoms with Crippen molar-refractivity contribution < 1.29 is 9.53 Å². The molecule has 1 fully saturated rings. The average Bonchev–Trinajstić information content (AvgIpc) is 2.36. The number of rotatable bonds is 6. The van der Waals surface area contributed by atoms with Gasteiger partial charge in [-0.3, -0.25) is 4.79 Å². The van der Waals surface area contributed by atoms with Crippen LogP contribution in [0.3, 0.4) is 0 Å². The Hall–Kier alpha value is -0.930. The molecule has 98 valence electrons. The number of carbonyl (C=O) groups is 1. The van der Waals surface area contributed by atoms with Crippen LogP contribution in [0.15, 0.2) is 5.18 Å². The molecule has 1 saturated carbocycles. The van der Waals surface area contributed by atoms with E-state index in [0.29, 0.717) is 6.61 Å². The summed E-state index contributed by atoms with van der Waals surface area (Å²) in [4.78, 5) is 22.5. The smallest absolute Gasteiger partial charge is 0.309 e. The molecule has 0 spiro atoms. The number of unbranched alkanes of at least 4 members (excludes halogenated alkanes) is 1. The second kappa shape index (κ2) is 7.41. The molecule has 1 aliphatic carbocycles. The predicted molar refractivity (Wildman–Crippen MR) is 66.6 cm³/mol. The third-order valence-electron chi connectivity index (χ3n) is 3.62. The first-order valence-electron chi connectivity index (χ1n) is 6.72. The Kier molecular flexibility index (Phi) is 6.16. The summed E-state index contributed by atoms with van der Waals surface area (Å²) in [5.74, 6) is 0.183. The van der Waals surface area contributed by atoms with Gasteiger partial charge in [-0.15, -0.1) is 0 Å². The molecule has 17 heavy (non-hydrogen) atoms. The summed E-state index contributed by atoms with van der Waals surface area (Å²) in [6, 6.07) is -0.0949. The van der Waals surface area contributed by atoms with E-state index in [9.17, 15) is 9.70 Å². The molecule has 0 aliphatic heterocycles. The fraction of sp³-hybridized carbons (Fsp3) is 0.923. The molecule has 0 radical (unpaired) electrons. The highest BCUT2D eigenvalue weighted by Gasteiger charge is 2.35. The summed E-state index contributed by atoms with van der Waals surface area (Å²) in [6.45, 7) is 4.40. The number of nitrogens with zero attached hydrogens (tertiary/aromatic N) is 1. The lowest BCUT2D eigenvalue weighted by atomic mass is 9.75. The lowest BCUT2D eigenvalue weighted by molar-refractivity contribution is -0.151. The van der Waals surface area contributed by atoms with Gasteiger partial charge in [0.1, 0.15) is 0 Å². The van der Waals surface area contributed by atoms with Crippen molar-refractivity contribution in [1.82, 2.24) is 0 Å². The molecule has 1 aliphatic rings. The van der Waals surface area contributed by atoms with Gasteiger partial charge >= 0.3 is 5.97 Å². The molecule has 0 aromatic rings. The molecule has 0 bridgehead atoms. The summed E-state index contributed by atoms with van der Waals surface area (Å²) in [6.07, 6.45) is 5.47. The minimum absolute atomic E-state index is 0.0144. The van der Waals surface area contributed by atoms with E-state index in [-0.39, 0.29) is 23.8 Å². The second-order valence-electron chi connectivity index (χ2n) is 4.83. The van der Waals surface area contributed by atoms with Gasteiger partial charge in [-0.05, 0) is 38.5 Å². The highest BCUT2D eigenvalue weighted by molar-refractivity contribution is 5.72.